The van der Waals surface area contributed by atoms with Crippen LogP contribution in [0.25, 0.3) is 0 Å². The first-order valence-corrected chi connectivity index (χ1v) is 12.3. The third-order valence-electron chi connectivity index (χ3n) is 7.23. The smallest absolute Gasteiger partial charge is 0.343 e. The number of likely N-dealkylation sites (N-methyl/N-ethyl adjacent to an activating group) is 1. The summed E-state index contributed by atoms with van der Waals surface area (Å²) in [5, 5.41) is 22.3. The van der Waals surface area contributed by atoms with Crippen LogP contribution in [0.5, 0.6) is 0 Å². The van der Waals surface area contributed by atoms with Crippen LogP contribution >= 0.6 is 0 Å². The van der Waals surface area contributed by atoms with Gasteiger partial charge in [0.2, 0.25) is 0 Å². The number of hydrogen-bond donors (Lipinski definition) is 2. The third-order valence-corrected chi connectivity index (χ3v) is 7.23. The Kier molecular flexibility index (Phi) is 7.58. The minimum Gasteiger partial charge on any atom is -0.454 e. The summed E-state index contributed by atoms with van der Waals surface area (Å²) in [4.78, 5) is 26.2. The number of aromatic nitrogens is 2. The number of carbonyl (C=O) groups is 2. The number of ether oxygens (including phenoxy) is 1. The molecule has 2 N–H and O–H groups in total. The second-order valence-corrected chi connectivity index (χ2v) is 9.98. The van der Waals surface area contributed by atoms with E-state index in [1.165, 1.54) is 0 Å². The lowest BCUT2D eigenvalue weighted by Gasteiger charge is -2.42. The standard InChI is InChI=1S/C26H34N4O4/c1-30(19-24(31)28-23-15-8-16-27-29-23)17-9-14-22(18-30)34-25(32)26(33,20-10-4-2-5-11-20)21-12-6-3-7-13-21/h2,4-5,8,10-11,15-16,21-22,33H,3,6-7,9,12-14,17-19H2,1H3/p+1/t22?,26?,30-/m1/s1. The predicted octanol–water partition coefficient (Wildman–Crippen LogP) is 3.04. The third kappa shape index (κ3) is 5.62. The van der Waals surface area contributed by atoms with E-state index in [0.717, 1.165) is 51.5 Å². The Bertz CT molecular complexity index is 967. The molecule has 2 aliphatic rings. The van der Waals surface area contributed by atoms with Crippen molar-refractivity contribution in [1.82, 2.24) is 10.2 Å². The summed E-state index contributed by atoms with van der Waals surface area (Å²) in [5.41, 5.74) is -1.05. The number of hydrogen-bond acceptors (Lipinski definition) is 6. The summed E-state index contributed by atoms with van der Waals surface area (Å²) in [6.45, 7) is 1.58. The number of quaternary nitrogens is 1. The number of aliphatic hydroxyl groups is 1. The number of nitrogens with zero attached hydrogens (tertiary/aromatic N) is 3. The van der Waals surface area contributed by atoms with E-state index in [-0.39, 0.29) is 24.5 Å². The van der Waals surface area contributed by atoms with E-state index < -0.39 is 11.6 Å². The van der Waals surface area contributed by atoms with Crippen LogP contribution in [0.15, 0.2) is 48.7 Å². The minimum absolute atomic E-state index is 0.154. The molecule has 2 unspecified atom stereocenters. The van der Waals surface area contributed by atoms with Gasteiger partial charge in [-0.3, -0.25) is 4.79 Å². The second kappa shape index (κ2) is 10.6. The Hall–Kier alpha value is -2.84. The van der Waals surface area contributed by atoms with Crippen molar-refractivity contribution in [2.45, 2.75) is 56.7 Å². The van der Waals surface area contributed by atoms with Crippen LogP contribution in [0, 0.1) is 5.92 Å². The maximum absolute atomic E-state index is 13.5. The number of carbonyl (C=O) groups excluding carboxylic acids is 2. The van der Waals surface area contributed by atoms with Gasteiger partial charge in [0.15, 0.2) is 24.1 Å². The molecule has 1 aliphatic heterocycles. The number of amides is 1. The van der Waals surface area contributed by atoms with Crippen molar-refractivity contribution in [3.8, 4) is 0 Å². The van der Waals surface area contributed by atoms with Gasteiger partial charge in [-0.05, 0) is 37.0 Å². The van der Waals surface area contributed by atoms with Crippen LogP contribution in [0.4, 0.5) is 5.82 Å². The topological polar surface area (TPSA) is 101 Å². The van der Waals surface area contributed by atoms with Gasteiger partial charge in [0, 0.05) is 18.5 Å². The average molecular weight is 468 g/mol. The van der Waals surface area contributed by atoms with Gasteiger partial charge in [0.05, 0.1) is 13.6 Å². The zero-order valence-electron chi connectivity index (χ0n) is 19.9. The molecule has 2 fully saturated rings. The molecular formula is C26H35N4O4+. The lowest BCUT2D eigenvalue weighted by Crippen LogP contribution is -2.57. The molecular weight excluding hydrogens is 432 g/mol. The molecule has 1 saturated heterocycles. The fourth-order valence-corrected chi connectivity index (χ4v) is 5.49. The number of esters is 1. The summed E-state index contributed by atoms with van der Waals surface area (Å²) in [7, 11) is 2.00. The molecule has 1 aromatic carbocycles. The summed E-state index contributed by atoms with van der Waals surface area (Å²) in [5.74, 6) is -0.455. The number of nitrogens with one attached hydrogen (secondary N) is 1. The maximum Gasteiger partial charge on any atom is 0.343 e. The van der Waals surface area contributed by atoms with Gasteiger partial charge < -0.3 is 19.6 Å². The lowest BCUT2D eigenvalue weighted by atomic mass is 9.73. The van der Waals surface area contributed by atoms with Crippen molar-refractivity contribution in [1.29, 1.82) is 0 Å². The quantitative estimate of drug-likeness (QED) is 0.479. The van der Waals surface area contributed by atoms with E-state index in [0.29, 0.717) is 22.4 Å². The molecule has 182 valence electrons. The van der Waals surface area contributed by atoms with Gasteiger partial charge in [-0.2, -0.15) is 5.10 Å². The van der Waals surface area contributed by atoms with Crippen LogP contribution in [-0.4, -0.2) is 64.4 Å². The van der Waals surface area contributed by atoms with E-state index in [9.17, 15) is 14.7 Å². The summed E-state index contributed by atoms with van der Waals surface area (Å²) in [6, 6.07) is 12.6. The Labute approximate surface area is 200 Å². The van der Waals surface area contributed by atoms with Crippen molar-refractivity contribution < 1.29 is 23.9 Å². The molecule has 1 amide bonds. The first-order chi connectivity index (χ1) is 16.4. The van der Waals surface area contributed by atoms with E-state index in [1.54, 1.807) is 18.3 Å². The second-order valence-electron chi connectivity index (χ2n) is 9.98. The number of benzene rings is 1. The van der Waals surface area contributed by atoms with Crippen molar-refractivity contribution in [3.05, 3.63) is 54.2 Å². The van der Waals surface area contributed by atoms with Crippen molar-refractivity contribution in [2.24, 2.45) is 5.92 Å². The molecule has 4 rings (SSSR count). The molecule has 0 radical (unpaired) electrons. The first-order valence-electron chi connectivity index (χ1n) is 12.3. The van der Waals surface area contributed by atoms with Gasteiger partial charge in [0.1, 0.15) is 6.54 Å². The number of rotatable bonds is 7. The van der Waals surface area contributed by atoms with Crippen LogP contribution < -0.4 is 5.32 Å². The van der Waals surface area contributed by atoms with Crippen molar-refractivity contribution in [3.63, 3.8) is 0 Å². The highest BCUT2D eigenvalue weighted by Crippen LogP contribution is 2.41. The molecule has 1 aromatic heterocycles. The molecule has 2 aromatic rings. The molecule has 0 spiro atoms. The zero-order valence-corrected chi connectivity index (χ0v) is 19.9. The van der Waals surface area contributed by atoms with Crippen molar-refractivity contribution in [2.75, 3.05) is 32.0 Å². The van der Waals surface area contributed by atoms with Crippen LogP contribution in [-0.2, 0) is 19.9 Å². The number of likely N-dealkylation sites (tertiary alicyclic amines) is 1. The monoisotopic (exact) mass is 467 g/mol. The molecule has 8 heteroatoms. The Morgan fingerprint density at radius 3 is 2.56 bits per heavy atom. The van der Waals surface area contributed by atoms with E-state index in [4.69, 9.17) is 4.74 Å². The average Bonchev–Trinajstić information content (AvgIpc) is 2.85. The summed E-state index contributed by atoms with van der Waals surface area (Å²) in [6.07, 6.45) is 7.51. The highest BCUT2D eigenvalue weighted by molar-refractivity contribution is 5.90. The minimum atomic E-state index is -1.65. The van der Waals surface area contributed by atoms with Gasteiger partial charge in [-0.15, -0.1) is 5.10 Å². The van der Waals surface area contributed by atoms with Crippen LogP contribution in [0.3, 0.4) is 0 Å². The SMILES string of the molecule is C[N@@+]1(CC(=O)Nc2cccnn2)CCCC(OC(=O)C(O)(c2ccccc2)C2CCCCC2)C1. The lowest BCUT2D eigenvalue weighted by molar-refractivity contribution is -0.909. The molecule has 1 saturated carbocycles. The molecule has 2 heterocycles. The first kappa shape index (κ1) is 24.3. The van der Waals surface area contributed by atoms with Gasteiger partial charge in [-0.25, -0.2) is 4.79 Å². The fourth-order valence-electron chi connectivity index (χ4n) is 5.49. The Balaban J connectivity index is 1.44. The van der Waals surface area contributed by atoms with E-state index in [1.807, 2.05) is 37.4 Å². The van der Waals surface area contributed by atoms with Crippen molar-refractivity contribution >= 4 is 17.7 Å². The predicted molar refractivity (Wildman–Crippen MR) is 127 cm³/mol. The Morgan fingerprint density at radius 2 is 1.85 bits per heavy atom. The Morgan fingerprint density at radius 1 is 1.09 bits per heavy atom. The van der Waals surface area contributed by atoms with Gasteiger partial charge in [-0.1, -0.05) is 49.6 Å². The summed E-state index contributed by atoms with van der Waals surface area (Å²) < 4.78 is 6.46. The van der Waals surface area contributed by atoms with E-state index >= 15 is 0 Å². The maximum atomic E-state index is 13.5. The molecule has 34 heavy (non-hydrogen) atoms. The zero-order chi connectivity index (χ0) is 24.0. The van der Waals surface area contributed by atoms with Gasteiger partial charge >= 0.3 is 5.97 Å². The number of anilines is 1. The molecule has 8 nitrogen and oxygen atoms in total. The van der Waals surface area contributed by atoms with Crippen LogP contribution in [0.1, 0.15) is 50.5 Å². The largest absolute Gasteiger partial charge is 0.454 e. The van der Waals surface area contributed by atoms with Crippen LogP contribution in [0.2, 0.25) is 0 Å². The molecule has 0 bridgehead atoms. The highest BCUT2D eigenvalue weighted by atomic mass is 16.6. The fraction of sp³-hybridized carbons (Fsp3) is 0.538. The molecule has 1 aliphatic carbocycles. The van der Waals surface area contributed by atoms with Gasteiger partial charge in [0.25, 0.3) is 5.91 Å². The molecule has 3 atom stereocenters. The van der Waals surface area contributed by atoms with E-state index in [2.05, 4.69) is 15.5 Å². The summed E-state index contributed by atoms with van der Waals surface area (Å²) >= 11 is 0. The number of piperidine rings is 1. The highest BCUT2D eigenvalue weighted by Gasteiger charge is 2.48. The normalized spacial score (nSPS) is 25.2.